The van der Waals surface area contributed by atoms with E-state index in [0.717, 1.165) is 53.2 Å². The van der Waals surface area contributed by atoms with Gasteiger partial charge in [0.25, 0.3) is 0 Å². The predicted octanol–water partition coefficient (Wildman–Crippen LogP) is 6.80. The molecule has 7 aliphatic rings. The number of benzene rings is 3. The van der Waals surface area contributed by atoms with Crippen LogP contribution in [0.2, 0.25) is 0 Å². The Bertz CT molecular complexity index is 1970. The topological polar surface area (TPSA) is 136 Å². The molecule has 1 heterocycles. The van der Waals surface area contributed by atoms with E-state index >= 15 is 0 Å². The Hall–Kier alpha value is -4.02. The molecule has 0 N–H and O–H groups in total. The maximum Gasteiger partial charge on any atom is 0.367 e. The standard InChI is InChI=1S/C22H26F2O9S.C18H12F3S/c23-22(24,34(28,29)30)8-31-18(25)14-12-4-13-15(14)19(26)32-16(13)17(12)33-20(27)21-5-9-1-10(6-21)3-11(2-9)7-21;19-13-1-7-16(8-2-13)22(17-9-3-14(20)4-10-17)18-11-5-15(21)6-12-18/h9-17H,1-8H2,(H,28,29,30);1-12H/q;+1/p-1. The molecule has 1 aliphatic heterocycles. The molecule has 6 saturated carbocycles. The van der Waals surface area contributed by atoms with E-state index in [9.17, 15) is 49.3 Å². The molecule has 298 valence electrons. The normalized spacial score (nSPS) is 32.2. The fourth-order valence-corrected chi connectivity index (χ4v) is 12.8. The van der Waals surface area contributed by atoms with Gasteiger partial charge < -0.3 is 18.8 Å². The van der Waals surface area contributed by atoms with Crippen LogP contribution < -0.4 is 0 Å². The molecule has 0 spiro atoms. The maximum atomic E-state index is 13.5. The molecule has 6 unspecified atom stereocenters. The van der Waals surface area contributed by atoms with Crippen molar-refractivity contribution in [1.82, 2.24) is 0 Å². The Morgan fingerprint density at radius 1 is 0.768 bits per heavy atom. The van der Waals surface area contributed by atoms with Gasteiger partial charge in [-0.2, -0.15) is 8.78 Å². The van der Waals surface area contributed by atoms with Gasteiger partial charge in [-0.3, -0.25) is 14.4 Å². The molecule has 0 radical (unpaired) electrons. The zero-order valence-electron chi connectivity index (χ0n) is 29.7. The van der Waals surface area contributed by atoms with E-state index in [1.807, 2.05) is 0 Å². The molecular weight excluding hydrogens is 784 g/mol. The second-order valence-electron chi connectivity index (χ2n) is 16.0. The zero-order valence-corrected chi connectivity index (χ0v) is 31.3. The van der Waals surface area contributed by atoms with Gasteiger partial charge in [0, 0.05) is 11.8 Å². The molecular formula is C40H37F5O9S2. The van der Waals surface area contributed by atoms with Crippen LogP contribution >= 0.6 is 0 Å². The van der Waals surface area contributed by atoms with Gasteiger partial charge in [0.05, 0.1) is 28.1 Å². The van der Waals surface area contributed by atoms with Crippen molar-refractivity contribution in [2.24, 2.45) is 46.8 Å². The molecule has 56 heavy (non-hydrogen) atoms. The Morgan fingerprint density at radius 3 is 1.64 bits per heavy atom. The predicted molar refractivity (Wildman–Crippen MR) is 186 cm³/mol. The highest BCUT2D eigenvalue weighted by molar-refractivity contribution is 7.97. The summed E-state index contributed by atoms with van der Waals surface area (Å²) in [7, 11) is -6.56. The quantitative estimate of drug-likeness (QED) is 0.0751. The summed E-state index contributed by atoms with van der Waals surface area (Å²) < 4.78 is 115. The van der Waals surface area contributed by atoms with Gasteiger partial charge in [-0.25, -0.2) is 21.6 Å². The van der Waals surface area contributed by atoms with Crippen molar-refractivity contribution in [3.8, 4) is 0 Å². The SMILES string of the molecule is Fc1ccc([S+](c2ccc(F)cc2)c2ccc(F)cc2)cc1.O=C1OC2C3CC(C2OC(=O)C24CC5CC(CC(C5)C2)C4)C(C(=O)OCC(F)(F)S(=O)(=O)[O-])C13. The van der Waals surface area contributed by atoms with Crippen LogP contribution in [0.4, 0.5) is 22.0 Å². The van der Waals surface area contributed by atoms with Crippen LogP contribution in [-0.4, -0.2) is 54.9 Å². The molecule has 10 rings (SSSR count). The number of alkyl halides is 2. The number of rotatable bonds is 9. The van der Waals surface area contributed by atoms with Gasteiger partial charge in [0.2, 0.25) is 0 Å². The Labute approximate surface area is 322 Å². The first-order valence-electron chi connectivity index (χ1n) is 18.4. The fourth-order valence-electron chi connectivity index (χ4n) is 10.5. The summed E-state index contributed by atoms with van der Waals surface area (Å²) in [6.45, 7) is -1.94. The van der Waals surface area contributed by atoms with Gasteiger partial charge >= 0.3 is 23.2 Å². The van der Waals surface area contributed by atoms with E-state index in [0.29, 0.717) is 24.2 Å². The lowest BCUT2D eigenvalue weighted by molar-refractivity contribution is -0.188. The van der Waals surface area contributed by atoms with Crippen molar-refractivity contribution in [2.75, 3.05) is 6.61 Å². The summed E-state index contributed by atoms with van der Waals surface area (Å²) in [4.78, 5) is 41.3. The van der Waals surface area contributed by atoms with Crippen LogP contribution in [0.1, 0.15) is 44.9 Å². The molecule has 6 atom stereocenters. The van der Waals surface area contributed by atoms with E-state index < -0.39 is 86.1 Å². The number of hydrogen-bond acceptors (Lipinski definition) is 9. The van der Waals surface area contributed by atoms with Crippen LogP contribution in [0, 0.1) is 64.3 Å². The molecule has 6 aliphatic carbocycles. The van der Waals surface area contributed by atoms with Gasteiger partial charge in [0.15, 0.2) is 31.4 Å². The summed E-state index contributed by atoms with van der Waals surface area (Å²) >= 11 is 0. The highest BCUT2D eigenvalue weighted by Crippen LogP contribution is 2.62. The van der Waals surface area contributed by atoms with E-state index in [1.54, 1.807) is 36.4 Å². The second kappa shape index (κ2) is 14.4. The Morgan fingerprint density at radius 2 is 1.21 bits per heavy atom. The van der Waals surface area contributed by atoms with Crippen LogP contribution in [0.25, 0.3) is 0 Å². The number of fused-ring (bicyclic) bond motifs is 1. The number of halogens is 5. The molecule has 0 amide bonds. The highest BCUT2D eigenvalue weighted by atomic mass is 32.2. The number of carbonyl (C=O) groups is 3. The minimum atomic E-state index is -6.02. The summed E-state index contributed by atoms with van der Waals surface area (Å²) in [5, 5.41) is -4.79. The van der Waals surface area contributed by atoms with Crippen molar-refractivity contribution >= 4 is 38.9 Å². The summed E-state index contributed by atoms with van der Waals surface area (Å²) in [6, 6.07) is 18.5. The summed E-state index contributed by atoms with van der Waals surface area (Å²) in [5.74, 6) is -4.84. The average molecular weight is 821 g/mol. The number of esters is 3. The average Bonchev–Trinajstić information content (AvgIpc) is 3.77. The lowest BCUT2D eigenvalue weighted by atomic mass is 9.49. The first-order valence-corrected chi connectivity index (χ1v) is 21.1. The van der Waals surface area contributed by atoms with Gasteiger partial charge in [-0.1, -0.05) is 0 Å². The molecule has 3 aromatic rings. The van der Waals surface area contributed by atoms with E-state index in [-0.39, 0.29) is 23.4 Å². The first kappa shape index (κ1) is 38.8. The minimum absolute atomic E-state index is 0.314. The Kier molecular flexibility index (Phi) is 10.00. The van der Waals surface area contributed by atoms with Crippen molar-refractivity contribution in [1.29, 1.82) is 0 Å². The van der Waals surface area contributed by atoms with Crippen molar-refractivity contribution in [3.63, 3.8) is 0 Å². The van der Waals surface area contributed by atoms with Crippen molar-refractivity contribution in [3.05, 3.63) is 90.2 Å². The van der Waals surface area contributed by atoms with Crippen LogP contribution in [0.5, 0.6) is 0 Å². The molecule has 0 aromatic heterocycles. The molecule has 1 saturated heterocycles. The van der Waals surface area contributed by atoms with Crippen LogP contribution in [0.3, 0.4) is 0 Å². The van der Waals surface area contributed by atoms with E-state index in [2.05, 4.69) is 4.74 Å². The number of ether oxygens (including phenoxy) is 3. The van der Waals surface area contributed by atoms with Gasteiger partial charge in [-0.15, -0.1) is 0 Å². The smallest absolute Gasteiger partial charge is 0.367 e. The van der Waals surface area contributed by atoms with Crippen molar-refractivity contribution in [2.45, 2.75) is 77.1 Å². The minimum Gasteiger partial charge on any atom is -0.743 e. The van der Waals surface area contributed by atoms with E-state index in [4.69, 9.17) is 9.47 Å². The third-order valence-corrected chi connectivity index (χ3v) is 15.5. The maximum absolute atomic E-state index is 13.5. The summed E-state index contributed by atoms with van der Waals surface area (Å²) in [5.41, 5.74) is -0.556. The number of hydrogen-bond donors (Lipinski definition) is 0. The first-order chi connectivity index (χ1) is 26.5. The van der Waals surface area contributed by atoms with Gasteiger partial charge in [0.1, 0.15) is 29.7 Å². The zero-order chi connectivity index (χ0) is 39.7. The largest absolute Gasteiger partial charge is 0.743 e. The van der Waals surface area contributed by atoms with E-state index in [1.165, 1.54) is 36.4 Å². The third kappa shape index (κ3) is 7.10. The van der Waals surface area contributed by atoms with Crippen LogP contribution in [0.15, 0.2) is 87.5 Å². The highest BCUT2D eigenvalue weighted by Gasteiger charge is 2.71. The lowest BCUT2D eigenvalue weighted by Crippen LogP contribution is -2.53. The molecule has 7 fully saturated rings. The third-order valence-electron chi connectivity index (χ3n) is 12.4. The summed E-state index contributed by atoms with van der Waals surface area (Å²) in [6.07, 6.45) is 4.50. The monoisotopic (exact) mass is 820 g/mol. The van der Waals surface area contributed by atoms with Crippen LogP contribution in [-0.2, 0) is 49.6 Å². The molecule has 3 aromatic carbocycles. The second-order valence-corrected chi connectivity index (χ2v) is 19.5. The lowest BCUT2D eigenvalue weighted by Gasteiger charge is -2.55. The number of carbonyl (C=O) groups excluding carboxylic acids is 3. The van der Waals surface area contributed by atoms with Crippen molar-refractivity contribution < 1.29 is 63.5 Å². The van der Waals surface area contributed by atoms with Gasteiger partial charge in [-0.05, 0) is 135 Å². The fraction of sp³-hybridized carbons (Fsp3) is 0.475. The molecule has 6 bridgehead atoms. The molecule has 16 heteroatoms. The Balaban J connectivity index is 0.000000174. The molecule has 9 nitrogen and oxygen atoms in total.